The Kier molecular flexibility index (Phi) is 5.51. The van der Waals surface area contributed by atoms with Crippen LogP contribution in [0, 0.1) is 0 Å². The Hall–Kier alpha value is -1.46. The van der Waals surface area contributed by atoms with Gasteiger partial charge in [-0.25, -0.2) is 4.99 Å². The second-order valence-electron chi connectivity index (χ2n) is 2.48. The number of nitrogens with zero attached hydrogens (tertiary/aromatic N) is 2. The Morgan fingerprint density at radius 3 is 2.07 bits per heavy atom. The molecule has 82 valence electrons. The van der Waals surface area contributed by atoms with Crippen molar-refractivity contribution in [3.8, 4) is 0 Å². The van der Waals surface area contributed by atoms with Gasteiger partial charge in [-0.2, -0.15) is 4.99 Å². The third-order valence-electron chi connectivity index (χ3n) is 1.31. The van der Waals surface area contributed by atoms with E-state index in [-0.39, 0.29) is 24.3 Å². The monoisotopic (exact) mass is 246 g/mol. The lowest BCUT2D eigenvalue weighted by molar-refractivity contribution is -0.00000336. The number of nitrogens with two attached hydrogens (primary N) is 3. The van der Waals surface area contributed by atoms with Gasteiger partial charge in [0.25, 0.3) is 0 Å². The van der Waals surface area contributed by atoms with Crippen LogP contribution in [0.2, 0.25) is 5.02 Å². The third-order valence-corrected chi connectivity index (χ3v) is 1.57. The lowest BCUT2D eigenvalue weighted by atomic mass is 10.3. The Bertz CT molecular complexity index is 367. The number of aliphatic imine (C=N–C) groups is 2. The molecule has 0 aliphatic heterocycles. The molecule has 7 heteroatoms. The lowest BCUT2D eigenvalue weighted by Crippen LogP contribution is -3.00. The average Bonchev–Trinajstić information content (AvgIpc) is 2.07. The predicted octanol–water partition coefficient (Wildman–Crippen LogP) is -2.44. The molecule has 0 amide bonds. The molecule has 1 rings (SSSR count). The molecule has 0 spiro atoms. The Balaban J connectivity index is 0.00000196. The van der Waals surface area contributed by atoms with Crippen LogP contribution >= 0.6 is 11.6 Å². The highest BCUT2D eigenvalue weighted by molar-refractivity contribution is 6.30. The molecule has 0 aliphatic carbocycles. The highest BCUT2D eigenvalue weighted by Crippen LogP contribution is 2.15. The van der Waals surface area contributed by atoms with Crippen LogP contribution in [0.5, 0.6) is 0 Å². The minimum atomic E-state index is -0.125. The van der Waals surface area contributed by atoms with Crippen molar-refractivity contribution in [3.63, 3.8) is 0 Å². The highest BCUT2D eigenvalue weighted by atomic mass is 35.5. The van der Waals surface area contributed by atoms with E-state index in [1.54, 1.807) is 24.3 Å². The smallest absolute Gasteiger partial charge is 0.223 e. The number of hydrogen-bond acceptors (Lipinski definition) is 1. The zero-order chi connectivity index (χ0) is 10.6. The van der Waals surface area contributed by atoms with E-state index < -0.39 is 0 Å². The van der Waals surface area contributed by atoms with Gasteiger partial charge in [-0.3, -0.25) is 0 Å². The van der Waals surface area contributed by atoms with Crippen LogP contribution in [0.15, 0.2) is 34.3 Å². The quantitative estimate of drug-likeness (QED) is 0.379. The zero-order valence-corrected chi connectivity index (χ0v) is 9.20. The first-order chi connectivity index (χ1) is 6.58. The minimum absolute atomic E-state index is 0. The number of benzene rings is 1. The average molecular weight is 247 g/mol. The molecule has 5 nitrogen and oxygen atoms in total. The molecule has 0 radical (unpaired) electrons. The van der Waals surface area contributed by atoms with Gasteiger partial charge in [-0.1, -0.05) is 11.6 Å². The van der Waals surface area contributed by atoms with Gasteiger partial charge in [0, 0.05) is 5.02 Å². The first-order valence-corrected chi connectivity index (χ1v) is 4.15. The predicted molar refractivity (Wildman–Crippen MR) is 58.5 cm³/mol. The number of rotatable bonds is 1. The molecule has 1 aromatic rings. The fourth-order valence-electron chi connectivity index (χ4n) is 0.805. The second-order valence-corrected chi connectivity index (χ2v) is 2.92. The van der Waals surface area contributed by atoms with Gasteiger partial charge in [0.15, 0.2) is 5.96 Å². The third kappa shape index (κ3) is 5.09. The first kappa shape index (κ1) is 13.5. The van der Waals surface area contributed by atoms with Crippen LogP contribution in [0.4, 0.5) is 5.69 Å². The molecule has 0 fully saturated rings. The highest BCUT2D eigenvalue weighted by Gasteiger charge is 1.92. The first-order valence-electron chi connectivity index (χ1n) is 3.77. The summed E-state index contributed by atoms with van der Waals surface area (Å²) < 4.78 is 0. The summed E-state index contributed by atoms with van der Waals surface area (Å²) in [6.07, 6.45) is 0. The molecule has 6 N–H and O–H groups in total. The van der Waals surface area contributed by atoms with Gasteiger partial charge in [0.1, 0.15) is 0 Å². The zero-order valence-electron chi connectivity index (χ0n) is 7.69. The van der Waals surface area contributed by atoms with E-state index in [1.165, 1.54) is 0 Å². The van der Waals surface area contributed by atoms with Crippen molar-refractivity contribution in [3.05, 3.63) is 29.3 Å². The van der Waals surface area contributed by atoms with E-state index >= 15 is 0 Å². The number of guanidine groups is 2. The van der Waals surface area contributed by atoms with Crippen molar-refractivity contribution in [2.75, 3.05) is 0 Å². The van der Waals surface area contributed by atoms with Crippen molar-refractivity contribution in [1.29, 1.82) is 0 Å². The minimum Gasteiger partial charge on any atom is -1.00 e. The lowest BCUT2D eigenvalue weighted by Gasteiger charge is -1.95. The Morgan fingerprint density at radius 2 is 1.60 bits per heavy atom. The van der Waals surface area contributed by atoms with Gasteiger partial charge < -0.3 is 29.6 Å². The molecule has 0 heterocycles. The summed E-state index contributed by atoms with van der Waals surface area (Å²) in [5, 5.41) is 0.629. The molecule has 1 aromatic carbocycles. The summed E-state index contributed by atoms with van der Waals surface area (Å²) >= 11 is 5.69. The van der Waals surface area contributed by atoms with Crippen LogP contribution in [0.25, 0.3) is 0 Å². The van der Waals surface area contributed by atoms with Crippen molar-refractivity contribution in [1.82, 2.24) is 0 Å². The molecule has 0 aliphatic rings. The molecule has 0 bridgehead atoms. The van der Waals surface area contributed by atoms with E-state index in [1.807, 2.05) is 0 Å². The molecule has 0 unspecified atom stereocenters. The summed E-state index contributed by atoms with van der Waals surface area (Å²) in [6, 6.07) is 6.81. The van der Waals surface area contributed by atoms with E-state index in [0.717, 1.165) is 0 Å². The van der Waals surface area contributed by atoms with Gasteiger partial charge in [0.2, 0.25) is 5.96 Å². The second kappa shape index (κ2) is 6.10. The largest absolute Gasteiger partial charge is 1.00 e. The molecule has 0 aromatic heterocycles. The van der Waals surface area contributed by atoms with Crippen molar-refractivity contribution >= 4 is 29.2 Å². The fraction of sp³-hybridized carbons (Fsp3) is 0. The maximum atomic E-state index is 5.69. The van der Waals surface area contributed by atoms with E-state index in [9.17, 15) is 0 Å². The molecular formula is C8H10Cl2N5-. The van der Waals surface area contributed by atoms with E-state index in [4.69, 9.17) is 28.8 Å². The van der Waals surface area contributed by atoms with Gasteiger partial charge in [-0.05, 0) is 24.3 Å². The summed E-state index contributed by atoms with van der Waals surface area (Å²) in [5.41, 5.74) is 16.3. The van der Waals surface area contributed by atoms with Crippen LogP contribution < -0.4 is 29.6 Å². The summed E-state index contributed by atoms with van der Waals surface area (Å²) in [4.78, 5) is 7.49. The molecule has 0 atom stereocenters. The fourth-order valence-corrected chi connectivity index (χ4v) is 0.931. The van der Waals surface area contributed by atoms with Crippen LogP contribution in [0.3, 0.4) is 0 Å². The molecule has 0 saturated heterocycles. The maximum absolute atomic E-state index is 5.69. The van der Waals surface area contributed by atoms with E-state index in [2.05, 4.69) is 9.98 Å². The normalized spacial score (nSPS) is 10.3. The topological polar surface area (TPSA) is 103 Å². The van der Waals surface area contributed by atoms with Crippen molar-refractivity contribution in [2.45, 2.75) is 0 Å². The van der Waals surface area contributed by atoms with Gasteiger partial charge >= 0.3 is 0 Å². The van der Waals surface area contributed by atoms with Gasteiger partial charge in [-0.15, -0.1) is 0 Å². The van der Waals surface area contributed by atoms with Crippen molar-refractivity contribution in [2.24, 2.45) is 27.2 Å². The SMILES string of the molecule is NC(N)=NC(N)=Nc1ccc(Cl)cc1.[Cl-]. The van der Waals surface area contributed by atoms with Crippen LogP contribution in [-0.2, 0) is 0 Å². The van der Waals surface area contributed by atoms with Gasteiger partial charge in [0.05, 0.1) is 5.69 Å². The standard InChI is InChI=1S/C8H10ClN5.ClH/c9-5-1-3-6(4-2-5)13-8(12)14-7(10)11;/h1-4H,(H6,10,11,12,13,14);1H/p-1. The van der Waals surface area contributed by atoms with Crippen molar-refractivity contribution < 1.29 is 12.4 Å². The van der Waals surface area contributed by atoms with Crippen LogP contribution in [0.1, 0.15) is 0 Å². The maximum Gasteiger partial charge on any atom is 0.223 e. The Morgan fingerprint density at radius 1 is 1.07 bits per heavy atom. The number of halogens is 2. The number of hydrogen-bond donors (Lipinski definition) is 3. The molecular weight excluding hydrogens is 237 g/mol. The molecule has 15 heavy (non-hydrogen) atoms. The Labute approximate surface area is 98.4 Å². The summed E-state index contributed by atoms with van der Waals surface area (Å²) in [6.45, 7) is 0. The van der Waals surface area contributed by atoms with Crippen LogP contribution in [-0.4, -0.2) is 11.9 Å². The van der Waals surface area contributed by atoms with E-state index in [0.29, 0.717) is 10.7 Å². The summed E-state index contributed by atoms with van der Waals surface area (Å²) in [7, 11) is 0. The molecule has 0 saturated carbocycles. The summed E-state index contributed by atoms with van der Waals surface area (Å²) in [5.74, 6) is -0.118.